The van der Waals surface area contributed by atoms with Crippen LogP contribution in [0.1, 0.15) is 11.1 Å². The zero-order valence-electron chi connectivity index (χ0n) is 29.2. The van der Waals surface area contributed by atoms with Gasteiger partial charge in [-0.1, -0.05) is 127 Å². The molecule has 1 aromatic heterocycles. The SMILES string of the molecule is C=NC(=NCc1cc(-c2cccc(-c3ccc4ccncc4c3)c2)cc(-c2cccc(-c3cc4ccccc4c4ccccc34)c2)c1)c1ccccc1. The third kappa shape index (κ3) is 6.41. The largest absolute Gasteiger partial charge is 0.264 e. The van der Waals surface area contributed by atoms with Gasteiger partial charge in [-0.05, 0) is 132 Å². The minimum Gasteiger partial charge on any atom is -0.264 e. The lowest BCUT2D eigenvalue weighted by Crippen LogP contribution is -1.98. The molecule has 0 aliphatic carbocycles. The molecule has 0 atom stereocenters. The van der Waals surface area contributed by atoms with Gasteiger partial charge in [-0.25, -0.2) is 4.99 Å². The number of hydrogen-bond donors (Lipinski definition) is 0. The topological polar surface area (TPSA) is 37.6 Å². The zero-order valence-corrected chi connectivity index (χ0v) is 29.2. The minimum atomic E-state index is 0.469. The number of fused-ring (bicyclic) bond motifs is 4. The average molecular weight is 678 g/mol. The highest BCUT2D eigenvalue weighted by atomic mass is 14.9. The lowest BCUT2D eigenvalue weighted by atomic mass is 9.90. The molecule has 53 heavy (non-hydrogen) atoms. The van der Waals surface area contributed by atoms with Crippen molar-refractivity contribution in [3.8, 4) is 44.5 Å². The molecule has 250 valence electrons. The van der Waals surface area contributed by atoms with Crippen LogP contribution in [0.25, 0.3) is 76.8 Å². The van der Waals surface area contributed by atoms with Crippen LogP contribution in [0, 0.1) is 0 Å². The Morgan fingerprint density at radius 2 is 1.08 bits per heavy atom. The molecule has 0 fully saturated rings. The lowest BCUT2D eigenvalue weighted by Gasteiger charge is -2.14. The van der Waals surface area contributed by atoms with E-state index in [9.17, 15) is 0 Å². The first-order chi connectivity index (χ1) is 26.2. The first kappa shape index (κ1) is 32.0. The summed E-state index contributed by atoms with van der Waals surface area (Å²) in [5, 5.41) is 7.33. The number of amidine groups is 1. The number of aromatic nitrogens is 1. The Morgan fingerprint density at radius 3 is 1.85 bits per heavy atom. The zero-order chi connectivity index (χ0) is 35.6. The molecular formula is C50H35N3. The average Bonchev–Trinajstić information content (AvgIpc) is 3.24. The number of hydrogen-bond acceptors (Lipinski definition) is 2. The van der Waals surface area contributed by atoms with E-state index in [-0.39, 0.29) is 0 Å². The molecule has 0 radical (unpaired) electrons. The molecule has 0 aliphatic heterocycles. The van der Waals surface area contributed by atoms with Crippen LogP contribution in [-0.4, -0.2) is 17.5 Å². The molecule has 0 spiro atoms. The molecule has 9 aromatic rings. The number of rotatable bonds is 7. The van der Waals surface area contributed by atoms with Gasteiger partial charge in [-0.2, -0.15) is 0 Å². The van der Waals surface area contributed by atoms with Crippen LogP contribution in [0.5, 0.6) is 0 Å². The number of nitrogens with zero attached hydrogens (tertiary/aromatic N) is 3. The van der Waals surface area contributed by atoms with Crippen LogP contribution in [0.2, 0.25) is 0 Å². The second kappa shape index (κ2) is 14.0. The highest BCUT2D eigenvalue weighted by Crippen LogP contribution is 2.38. The molecule has 0 N–H and O–H groups in total. The molecule has 0 saturated carbocycles. The van der Waals surface area contributed by atoms with Gasteiger partial charge in [0.25, 0.3) is 0 Å². The van der Waals surface area contributed by atoms with Gasteiger partial charge < -0.3 is 0 Å². The lowest BCUT2D eigenvalue weighted by molar-refractivity contribution is 1.06. The third-order valence-electron chi connectivity index (χ3n) is 10.0. The molecule has 0 bridgehead atoms. The van der Waals surface area contributed by atoms with Crippen molar-refractivity contribution in [2.24, 2.45) is 9.98 Å². The predicted molar refractivity (Wildman–Crippen MR) is 225 cm³/mol. The summed E-state index contributed by atoms with van der Waals surface area (Å²) in [7, 11) is 0. The smallest absolute Gasteiger partial charge is 0.154 e. The maximum absolute atomic E-state index is 4.96. The highest BCUT2D eigenvalue weighted by Gasteiger charge is 2.12. The van der Waals surface area contributed by atoms with Gasteiger partial charge in [-0.3, -0.25) is 9.98 Å². The fourth-order valence-electron chi connectivity index (χ4n) is 7.40. The summed E-state index contributed by atoms with van der Waals surface area (Å²) in [6.07, 6.45) is 3.76. The maximum Gasteiger partial charge on any atom is 0.154 e. The van der Waals surface area contributed by atoms with Gasteiger partial charge in [0.05, 0.1) is 6.54 Å². The monoisotopic (exact) mass is 677 g/mol. The van der Waals surface area contributed by atoms with E-state index in [4.69, 9.17) is 4.99 Å². The Bertz CT molecular complexity index is 2830. The Hall–Kier alpha value is -6.97. The van der Waals surface area contributed by atoms with Crippen molar-refractivity contribution in [1.29, 1.82) is 0 Å². The van der Waals surface area contributed by atoms with Crippen LogP contribution >= 0.6 is 0 Å². The molecule has 1 heterocycles. The van der Waals surface area contributed by atoms with Crippen molar-refractivity contribution in [2.75, 3.05) is 0 Å². The normalized spacial score (nSPS) is 11.7. The molecule has 3 nitrogen and oxygen atoms in total. The Labute approximate surface area is 309 Å². The van der Waals surface area contributed by atoms with Gasteiger partial charge in [0, 0.05) is 23.3 Å². The summed E-state index contributed by atoms with van der Waals surface area (Å²) in [5.41, 5.74) is 11.3. The van der Waals surface area contributed by atoms with Crippen LogP contribution < -0.4 is 0 Å². The van der Waals surface area contributed by atoms with Crippen LogP contribution in [0.3, 0.4) is 0 Å². The van der Waals surface area contributed by atoms with E-state index < -0.39 is 0 Å². The van der Waals surface area contributed by atoms with Gasteiger partial charge in [0.2, 0.25) is 0 Å². The molecule has 0 amide bonds. The van der Waals surface area contributed by atoms with E-state index in [0.717, 1.165) is 49.9 Å². The molecule has 9 rings (SSSR count). The standard InChI is InChI=1S/C50H35N3/c1-51-50(36-11-3-2-4-12-36)53-32-34-25-43(38-15-9-14-37(27-38)40-22-21-35-23-24-52-33-45(35)29-40)30-44(26-34)39-16-10-17-41(28-39)49-31-42-13-5-6-18-46(42)47-19-7-8-20-48(47)49/h2-31,33H,1,32H2. The molecule has 8 aromatic carbocycles. The summed E-state index contributed by atoms with van der Waals surface area (Å²) < 4.78 is 0. The summed E-state index contributed by atoms with van der Waals surface area (Å²) in [6, 6.07) is 62.9. The van der Waals surface area contributed by atoms with E-state index in [1.165, 1.54) is 38.1 Å². The van der Waals surface area contributed by atoms with Crippen molar-refractivity contribution in [2.45, 2.75) is 6.54 Å². The predicted octanol–water partition coefficient (Wildman–Crippen LogP) is 12.9. The van der Waals surface area contributed by atoms with Gasteiger partial charge in [0.1, 0.15) is 0 Å². The molecule has 0 unspecified atom stereocenters. The first-order valence-electron chi connectivity index (χ1n) is 17.9. The molecule has 0 saturated heterocycles. The summed E-state index contributed by atoms with van der Waals surface area (Å²) in [6.45, 7) is 4.30. The number of pyridine rings is 1. The Kier molecular flexibility index (Phi) is 8.43. The Balaban J connectivity index is 1.17. The Morgan fingerprint density at radius 1 is 0.453 bits per heavy atom. The first-order valence-corrected chi connectivity index (χ1v) is 17.9. The summed E-state index contributed by atoms with van der Waals surface area (Å²) in [5.74, 6) is 0.635. The number of aliphatic imine (C=N–C) groups is 2. The van der Waals surface area contributed by atoms with E-state index in [1.54, 1.807) is 0 Å². The molecule has 3 heteroatoms. The van der Waals surface area contributed by atoms with E-state index in [2.05, 4.69) is 156 Å². The highest BCUT2D eigenvalue weighted by molar-refractivity contribution is 6.14. The van der Waals surface area contributed by atoms with Gasteiger partial charge >= 0.3 is 0 Å². The van der Waals surface area contributed by atoms with Crippen LogP contribution in [-0.2, 0) is 6.54 Å². The van der Waals surface area contributed by atoms with E-state index in [1.807, 2.05) is 48.8 Å². The molecule has 0 aliphatic rings. The van der Waals surface area contributed by atoms with Crippen LogP contribution in [0.15, 0.2) is 198 Å². The maximum atomic E-state index is 4.96. The second-order valence-corrected chi connectivity index (χ2v) is 13.4. The van der Waals surface area contributed by atoms with E-state index in [0.29, 0.717) is 12.4 Å². The fourth-order valence-corrected chi connectivity index (χ4v) is 7.40. The van der Waals surface area contributed by atoms with Crippen molar-refractivity contribution < 1.29 is 0 Å². The van der Waals surface area contributed by atoms with Crippen molar-refractivity contribution in [3.63, 3.8) is 0 Å². The quantitative estimate of drug-likeness (QED) is 0.0940. The fraction of sp³-hybridized carbons (Fsp3) is 0.0200. The number of benzene rings is 8. The third-order valence-corrected chi connectivity index (χ3v) is 10.0. The van der Waals surface area contributed by atoms with Crippen molar-refractivity contribution in [1.82, 2.24) is 4.98 Å². The minimum absolute atomic E-state index is 0.469. The van der Waals surface area contributed by atoms with Gasteiger partial charge in [0.15, 0.2) is 5.84 Å². The van der Waals surface area contributed by atoms with Crippen molar-refractivity contribution in [3.05, 3.63) is 199 Å². The van der Waals surface area contributed by atoms with Gasteiger partial charge in [-0.15, -0.1) is 0 Å². The van der Waals surface area contributed by atoms with Crippen LogP contribution in [0.4, 0.5) is 0 Å². The van der Waals surface area contributed by atoms with Crippen molar-refractivity contribution >= 4 is 44.9 Å². The second-order valence-electron chi connectivity index (χ2n) is 13.4. The summed E-state index contributed by atoms with van der Waals surface area (Å²) in [4.78, 5) is 13.6. The van der Waals surface area contributed by atoms with E-state index >= 15 is 0 Å². The summed E-state index contributed by atoms with van der Waals surface area (Å²) >= 11 is 0. The molecular weight excluding hydrogens is 643 g/mol.